The van der Waals surface area contributed by atoms with Crippen molar-refractivity contribution in [3.63, 3.8) is 0 Å². The van der Waals surface area contributed by atoms with Gasteiger partial charge in [0.15, 0.2) is 0 Å². The van der Waals surface area contributed by atoms with Crippen LogP contribution in [-0.4, -0.2) is 6.54 Å². The number of nitrogens with one attached hydrogen (secondary N) is 1. The van der Waals surface area contributed by atoms with E-state index in [4.69, 9.17) is 5.84 Å². The van der Waals surface area contributed by atoms with Gasteiger partial charge < -0.3 is 0 Å². The van der Waals surface area contributed by atoms with Gasteiger partial charge in [-0.3, -0.25) is 11.3 Å². The fourth-order valence-electron chi connectivity index (χ4n) is 0.348. The van der Waals surface area contributed by atoms with E-state index in [0.29, 0.717) is 0 Å². The van der Waals surface area contributed by atoms with Crippen LogP contribution in [0.2, 0.25) is 0 Å². The Labute approximate surface area is 50.0 Å². The van der Waals surface area contributed by atoms with E-state index in [-0.39, 0.29) is 0 Å². The zero-order valence-corrected chi connectivity index (χ0v) is 5.20. The van der Waals surface area contributed by atoms with Crippen LogP contribution < -0.4 is 11.3 Å². The highest BCUT2D eigenvalue weighted by molar-refractivity contribution is 4.93. The quantitative estimate of drug-likeness (QED) is 0.318. The lowest BCUT2D eigenvalue weighted by molar-refractivity contribution is 0.725. The Morgan fingerprint density at radius 3 is 2.88 bits per heavy atom. The molecule has 0 unspecified atom stereocenters. The molecule has 0 amide bonds. The first-order valence-electron chi connectivity index (χ1n) is 2.60. The van der Waals surface area contributed by atoms with E-state index in [1.165, 1.54) is 0 Å². The Kier molecular flexibility index (Phi) is 4.27. The minimum Gasteiger partial charge on any atom is -0.271 e. The van der Waals surface area contributed by atoms with Crippen molar-refractivity contribution in [1.82, 2.24) is 5.43 Å². The maximum absolute atomic E-state index is 5.02. The summed E-state index contributed by atoms with van der Waals surface area (Å²) in [7, 11) is 0. The molecule has 2 heteroatoms. The molecule has 0 heterocycles. The molecule has 0 aromatic rings. The van der Waals surface area contributed by atoms with Crippen LogP contribution in [0.25, 0.3) is 0 Å². The van der Waals surface area contributed by atoms with Crippen LogP contribution in [0.5, 0.6) is 0 Å². The van der Waals surface area contributed by atoms with Crippen molar-refractivity contribution in [3.05, 3.63) is 17.9 Å². The van der Waals surface area contributed by atoms with Crippen molar-refractivity contribution < 1.29 is 0 Å². The molecule has 0 saturated carbocycles. The van der Waals surface area contributed by atoms with Crippen molar-refractivity contribution in [2.45, 2.75) is 13.3 Å². The predicted octanol–water partition coefficient (Wildman–Crippen LogP) is 0.571. The number of hydrazine groups is 1. The first-order valence-corrected chi connectivity index (χ1v) is 2.60. The Balaban J connectivity index is 3.26. The van der Waals surface area contributed by atoms with Crippen molar-refractivity contribution in [2.75, 3.05) is 6.54 Å². The molecule has 0 aliphatic carbocycles. The van der Waals surface area contributed by atoms with E-state index >= 15 is 0 Å². The monoisotopic (exact) mass is 112 g/mol. The summed E-state index contributed by atoms with van der Waals surface area (Å²) in [5.74, 6) is 5.02. The molecule has 2 nitrogen and oxygen atoms in total. The van der Waals surface area contributed by atoms with Gasteiger partial charge in [0.1, 0.15) is 0 Å². The molecular formula is C6H12N2. The van der Waals surface area contributed by atoms with Gasteiger partial charge in [0.25, 0.3) is 0 Å². The predicted molar refractivity (Wildman–Crippen MR) is 35.1 cm³/mol. The highest BCUT2D eigenvalue weighted by Gasteiger charge is 1.82. The highest BCUT2D eigenvalue weighted by atomic mass is 15.2. The van der Waals surface area contributed by atoms with Crippen molar-refractivity contribution in [3.8, 4) is 0 Å². The molecule has 46 valence electrons. The summed E-state index contributed by atoms with van der Waals surface area (Å²) < 4.78 is 0. The van der Waals surface area contributed by atoms with Crippen molar-refractivity contribution >= 4 is 0 Å². The van der Waals surface area contributed by atoms with Crippen LogP contribution in [0.4, 0.5) is 0 Å². The third kappa shape index (κ3) is 3.62. The van der Waals surface area contributed by atoms with Gasteiger partial charge in [0.05, 0.1) is 0 Å². The van der Waals surface area contributed by atoms with Crippen LogP contribution in [0.1, 0.15) is 13.3 Å². The van der Waals surface area contributed by atoms with E-state index in [2.05, 4.69) is 17.7 Å². The maximum atomic E-state index is 5.02. The fourth-order valence-corrected chi connectivity index (χ4v) is 0.348. The number of hydrogen-bond donors (Lipinski definition) is 2. The third-order valence-corrected chi connectivity index (χ3v) is 0.946. The first-order chi connectivity index (χ1) is 3.81. The molecular weight excluding hydrogens is 100 g/mol. The molecule has 0 spiro atoms. The number of nitrogens with two attached hydrogens (primary N) is 1. The van der Waals surface area contributed by atoms with E-state index < -0.39 is 0 Å². The van der Waals surface area contributed by atoms with E-state index in [1.807, 2.05) is 6.92 Å². The van der Waals surface area contributed by atoms with Gasteiger partial charge in [-0.1, -0.05) is 6.58 Å². The van der Waals surface area contributed by atoms with Crippen molar-refractivity contribution in [2.24, 2.45) is 5.84 Å². The maximum Gasteiger partial charge on any atom is 0.0141 e. The lowest BCUT2D eigenvalue weighted by Crippen LogP contribution is -2.22. The van der Waals surface area contributed by atoms with E-state index in [9.17, 15) is 0 Å². The Hall–Kier alpha value is -0.560. The lowest BCUT2D eigenvalue weighted by atomic mass is 10.2. The Bertz CT molecular complexity index is 101. The summed E-state index contributed by atoms with van der Waals surface area (Å²) >= 11 is 0. The summed E-state index contributed by atoms with van der Waals surface area (Å²) in [5.41, 5.74) is 6.46. The topological polar surface area (TPSA) is 38.0 Å². The second kappa shape index (κ2) is 4.60. The van der Waals surface area contributed by atoms with Gasteiger partial charge >= 0.3 is 0 Å². The molecule has 0 radical (unpaired) electrons. The Morgan fingerprint density at radius 1 is 1.88 bits per heavy atom. The van der Waals surface area contributed by atoms with Crippen LogP contribution in [-0.2, 0) is 0 Å². The molecule has 8 heavy (non-hydrogen) atoms. The van der Waals surface area contributed by atoms with Gasteiger partial charge in [-0.15, -0.1) is 5.73 Å². The highest BCUT2D eigenvalue weighted by Crippen LogP contribution is 1.92. The van der Waals surface area contributed by atoms with E-state index in [1.54, 1.807) is 0 Å². The molecule has 0 aromatic carbocycles. The molecule has 0 aliphatic heterocycles. The molecule has 3 N–H and O–H groups in total. The largest absolute Gasteiger partial charge is 0.271 e. The molecule has 0 atom stereocenters. The van der Waals surface area contributed by atoms with Gasteiger partial charge in [-0.25, -0.2) is 0 Å². The lowest BCUT2D eigenvalue weighted by Gasteiger charge is -1.94. The van der Waals surface area contributed by atoms with Gasteiger partial charge in [-0.2, -0.15) is 0 Å². The summed E-state index contributed by atoms with van der Waals surface area (Å²) in [6.45, 7) is 6.26. The van der Waals surface area contributed by atoms with Crippen LogP contribution in [0.3, 0.4) is 0 Å². The molecule has 0 rings (SSSR count). The minimum absolute atomic E-state index is 0.800. The van der Waals surface area contributed by atoms with Gasteiger partial charge in [0.2, 0.25) is 0 Å². The smallest absolute Gasteiger partial charge is 0.0141 e. The summed E-state index contributed by atoms with van der Waals surface area (Å²) in [4.78, 5) is 0. The Morgan fingerprint density at radius 2 is 2.50 bits per heavy atom. The molecule has 0 aliphatic rings. The average Bonchev–Trinajstić information content (AvgIpc) is 1.83. The third-order valence-electron chi connectivity index (χ3n) is 0.946. The normalized spacial score (nSPS) is 8.25. The second-order valence-electron chi connectivity index (χ2n) is 1.66. The van der Waals surface area contributed by atoms with Gasteiger partial charge in [-0.05, 0) is 18.9 Å². The SMILES string of the molecule is C=C=C(C)CCNN. The molecule has 0 saturated heterocycles. The fraction of sp³-hybridized carbons (Fsp3) is 0.500. The second-order valence-corrected chi connectivity index (χ2v) is 1.66. The zero-order chi connectivity index (χ0) is 6.41. The number of rotatable bonds is 3. The summed E-state index contributed by atoms with van der Waals surface area (Å²) in [6, 6.07) is 0. The summed E-state index contributed by atoms with van der Waals surface area (Å²) in [5, 5.41) is 0. The van der Waals surface area contributed by atoms with Crippen LogP contribution in [0.15, 0.2) is 17.9 Å². The van der Waals surface area contributed by atoms with E-state index in [0.717, 1.165) is 18.5 Å². The standard InChI is InChI=1S/C6H12N2/c1-3-6(2)4-5-8-7/h8H,1,4-5,7H2,2H3. The summed E-state index contributed by atoms with van der Waals surface area (Å²) in [6.07, 6.45) is 0.931. The average molecular weight is 112 g/mol. The van der Waals surface area contributed by atoms with Crippen molar-refractivity contribution in [1.29, 1.82) is 0 Å². The molecule has 0 fully saturated rings. The molecule has 0 aromatic heterocycles. The zero-order valence-electron chi connectivity index (χ0n) is 5.20. The van der Waals surface area contributed by atoms with Crippen LogP contribution in [0, 0.1) is 0 Å². The molecule has 0 bridgehead atoms. The number of hydrogen-bond acceptors (Lipinski definition) is 2. The minimum atomic E-state index is 0.800. The van der Waals surface area contributed by atoms with Crippen LogP contribution >= 0.6 is 0 Å². The first kappa shape index (κ1) is 7.44. The van der Waals surface area contributed by atoms with Gasteiger partial charge in [0, 0.05) is 6.54 Å².